The van der Waals surface area contributed by atoms with Gasteiger partial charge in [0.15, 0.2) is 5.11 Å². The molecule has 0 aliphatic heterocycles. The molecule has 4 bridgehead atoms. The van der Waals surface area contributed by atoms with Gasteiger partial charge in [-0.05, 0) is 93.0 Å². The molecule has 1 aromatic carbocycles. The van der Waals surface area contributed by atoms with E-state index < -0.39 is 0 Å². The normalized spacial score (nSPS) is 35.4. The monoisotopic (exact) mass is 314 g/mol. The molecule has 1 aromatic rings. The Morgan fingerprint density at radius 2 is 1.59 bits per heavy atom. The van der Waals surface area contributed by atoms with E-state index >= 15 is 0 Å². The van der Waals surface area contributed by atoms with Gasteiger partial charge in [-0.2, -0.15) is 0 Å². The van der Waals surface area contributed by atoms with Crippen molar-refractivity contribution in [2.24, 2.45) is 23.2 Å². The molecule has 0 saturated heterocycles. The molecule has 118 valence electrons. The van der Waals surface area contributed by atoms with E-state index in [0.29, 0.717) is 5.41 Å². The van der Waals surface area contributed by atoms with Crippen LogP contribution in [0.25, 0.3) is 0 Å². The molecule has 4 aliphatic rings. The minimum atomic E-state index is 0.535. The van der Waals surface area contributed by atoms with Crippen LogP contribution in [-0.4, -0.2) is 11.7 Å². The molecule has 4 aliphatic carbocycles. The summed E-state index contributed by atoms with van der Waals surface area (Å²) in [7, 11) is 0. The van der Waals surface area contributed by atoms with E-state index in [9.17, 15) is 0 Å². The van der Waals surface area contributed by atoms with Crippen molar-refractivity contribution in [2.45, 2.75) is 45.4 Å². The first-order chi connectivity index (χ1) is 10.6. The van der Waals surface area contributed by atoms with Gasteiger partial charge >= 0.3 is 0 Å². The summed E-state index contributed by atoms with van der Waals surface area (Å²) in [6.45, 7) is 3.17. The highest BCUT2D eigenvalue weighted by molar-refractivity contribution is 7.80. The molecule has 0 aromatic heterocycles. The van der Waals surface area contributed by atoms with E-state index in [1.165, 1.54) is 44.1 Å². The Bertz CT molecular complexity index is 528. The van der Waals surface area contributed by atoms with Gasteiger partial charge in [-0.15, -0.1) is 0 Å². The summed E-state index contributed by atoms with van der Waals surface area (Å²) in [5.41, 5.74) is 2.89. The average Bonchev–Trinajstić information content (AvgIpc) is 2.46. The van der Waals surface area contributed by atoms with Crippen molar-refractivity contribution in [1.82, 2.24) is 5.32 Å². The van der Waals surface area contributed by atoms with Crippen molar-refractivity contribution in [3.8, 4) is 0 Å². The first-order valence-corrected chi connectivity index (χ1v) is 9.13. The smallest absolute Gasteiger partial charge is 0.170 e. The summed E-state index contributed by atoms with van der Waals surface area (Å²) < 4.78 is 0. The second-order valence-electron chi connectivity index (χ2n) is 8.09. The Kier molecular flexibility index (Phi) is 3.64. The first kappa shape index (κ1) is 14.5. The lowest BCUT2D eigenvalue weighted by atomic mass is 9.49. The van der Waals surface area contributed by atoms with Crippen molar-refractivity contribution in [3.63, 3.8) is 0 Å². The third kappa shape index (κ3) is 2.88. The summed E-state index contributed by atoms with van der Waals surface area (Å²) in [5.74, 6) is 3.02. The number of anilines is 1. The van der Waals surface area contributed by atoms with E-state index in [1.54, 1.807) is 0 Å². The Morgan fingerprint density at radius 1 is 1.05 bits per heavy atom. The maximum atomic E-state index is 5.50. The minimum absolute atomic E-state index is 0.535. The Labute approximate surface area is 139 Å². The predicted molar refractivity (Wildman–Crippen MR) is 96.0 cm³/mol. The summed E-state index contributed by atoms with van der Waals surface area (Å²) in [4.78, 5) is 0. The van der Waals surface area contributed by atoms with Crippen LogP contribution >= 0.6 is 12.2 Å². The molecule has 22 heavy (non-hydrogen) atoms. The van der Waals surface area contributed by atoms with Crippen LogP contribution in [0.4, 0.5) is 5.69 Å². The molecule has 2 N–H and O–H groups in total. The number of thiocarbonyl (C=S) groups is 1. The van der Waals surface area contributed by atoms with Crippen LogP contribution in [0.1, 0.15) is 44.1 Å². The maximum absolute atomic E-state index is 5.50. The zero-order valence-corrected chi connectivity index (χ0v) is 14.2. The van der Waals surface area contributed by atoms with E-state index in [1.807, 2.05) is 0 Å². The lowest BCUT2D eigenvalue weighted by molar-refractivity contribution is -0.0490. The Hall–Kier alpha value is -1.09. The SMILES string of the molecule is Cc1ccc(NC(=S)NCC23CC4CC(CC(C4)C2)C3)cc1. The van der Waals surface area contributed by atoms with Crippen LogP contribution in [-0.2, 0) is 0 Å². The van der Waals surface area contributed by atoms with E-state index in [2.05, 4.69) is 41.8 Å². The number of aryl methyl sites for hydroxylation is 1. The molecule has 0 spiro atoms. The van der Waals surface area contributed by atoms with Crippen molar-refractivity contribution in [3.05, 3.63) is 29.8 Å². The molecule has 3 heteroatoms. The zero-order valence-electron chi connectivity index (χ0n) is 13.4. The molecule has 0 atom stereocenters. The van der Waals surface area contributed by atoms with E-state index in [4.69, 9.17) is 12.2 Å². The van der Waals surface area contributed by atoms with Crippen LogP contribution in [0.5, 0.6) is 0 Å². The van der Waals surface area contributed by atoms with Crippen molar-refractivity contribution in [1.29, 1.82) is 0 Å². The van der Waals surface area contributed by atoms with Crippen molar-refractivity contribution >= 4 is 23.0 Å². The topological polar surface area (TPSA) is 24.1 Å². The number of hydrogen-bond donors (Lipinski definition) is 2. The lowest BCUT2D eigenvalue weighted by Gasteiger charge is -2.57. The highest BCUT2D eigenvalue weighted by Crippen LogP contribution is 2.59. The Morgan fingerprint density at radius 3 is 2.14 bits per heavy atom. The molecular weight excluding hydrogens is 288 g/mol. The van der Waals surface area contributed by atoms with Crippen LogP contribution in [0.15, 0.2) is 24.3 Å². The third-order valence-electron chi connectivity index (χ3n) is 6.10. The number of hydrogen-bond acceptors (Lipinski definition) is 1. The van der Waals surface area contributed by atoms with Crippen LogP contribution in [0, 0.1) is 30.1 Å². The van der Waals surface area contributed by atoms with Crippen LogP contribution in [0.2, 0.25) is 0 Å². The van der Waals surface area contributed by atoms with Crippen LogP contribution < -0.4 is 10.6 Å². The van der Waals surface area contributed by atoms with Gasteiger partial charge < -0.3 is 10.6 Å². The summed E-state index contributed by atoms with van der Waals surface area (Å²) >= 11 is 5.50. The summed E-state index contributed by atoms with van der Waals surface area (Å²) in [5, 5.41) is 7.62. The van der Waals surface area contributed by atoms with Gasteiger partial charge in [-0.3, -0.25) is 0 Å². The number of rotatable bonds is 3. The predicted octanol–water partition coefficient (Wildman–Crippen LogP) is 4.50. The first-order valence-electron chi connectivity index (χ1n) is 8.72. The van der Waals surface area contributed by atoms with Gasteiger partial charge in [0.2, 0.25) is 0 Å². The molecular formula is C19H26N2S. The van der Waals surface area contributed by atoms with Gasteiger partial charge in [-0.25, -0.2) is 0 Å². The molecule has 5 rings (SSSR count). The molecule has 0 radical (unpaired) electrons. The Balaban J connectivity index is 1.34. The van der Waals surface area contributed by atoms with Gasteiger partial charge in [0.1, 0.15) is 0 Å². The largest absolute Gasteiger partial charge is 0.362 e. The third-order valence-corrected chi connectivity index (χ3v) is 6.34. The second-order valence-corrected chi connectivity index (χ2v) is 8.50. The fourth-order valence-corrected chi connectivity index (χ4v) is 5.78. The minimum Gasteiger partial charge on any atom is -0.362 e. The lowest BCUT2D eigenvalue weighted by Crippen LogP contribution is -2.51. The van der Waals surface area contributed by atoms with E-state index in [0.717, 1.165) is 35.1 Å². The van der Waals surface area contributed by atoms with Gasteiger partial charge in [0, 0.05) is 12.2 Å². The molecule has 4 fully saturated rings. The molecule has 0 unspecified atom stereocenters. The molecule has 0 heterocycles. The summed E-state index contributed by atoms with van der Waals surface area (Å²) in [6.07, 6.45) is 8.80. The van der Waals surface area contributed by atoms with Gasteiger partial charge in [0.25, 0.3) is 0 Å². The fraction of sp³-hybridized carbons (Fsp3) is 0.632. The molecule has 0 amide bonds. The highest BCUT2D eigenvalue weighted by atomic mass is 32.1. The second kappa shape index (κ2) is 5.52. The zero-order chi connectivity index (χ0) is 15.2. The van der Waals surface area contributed by atoms with Crippen LogP contribution in [0.3, 0.4) is 0 Å². The van der Waals surface area contributed by atoms with Crippen molar-refractivity contribution in [2.75, 3.05) is 11.9 Å². The average molecular weight is 314 g/mol. The maximum Gasteiger partial charge on any atom is 0.170 e. The quantitative estimate of drug-likeness (QED) is 0.803. The van der Waals surface area contributed by atoms with Gasteiger partial charge in [0.05, 0.1) is 0 Å². The number of benzene rings is 1. The standard InChI is InChI=1S/C19H26N2S/c1-13-2-4-17(5-3-13)21-18(22)20-12-19-9-14-6-15(10-19)8-16(7-14)11-19/h2-5,14-16H,6-12H2,1H3,(H2,20,21,22). The number of nitrogens with one attached hydrogen (secondary N) is 2. The van der Waals surface area contributed by atoms with Crippen molar-refractivity contribution < 1.29 is 0 Å². The van der Waals surface area contributed by atoms with Gasteiger partial charge in [-0.1, -0.05) is 17.7 Å². The molecule has 2 nitrogen and oxygen atoms in total. The fourth-order valence-electron chi connectivity index (χ4n) is 5.59. The highest BCUT2D eigenvalue weighted by Gasteiger charge is 2.50. The summed E-state index contributed by atoms with van der Waals surface area (Å²) in [6, 6.07) is 8.41. The molecule has 4 saturated carbocycles. The van der Waals surface area contributed by atoms with E-state index in [-0.39, 0.29) is 0 Å².